The summed E-state index contributed by atoms with van der Waals surface area (Å²) in [5.74, 6) is 1.04. The highest BCUT2D eigenvalue weighted by atomic mass is 16.3. The Bertz CT molecular complexity index is 565. The first kappa shape index (κ1) is 10.2. The van der Waals surface area contributed by atoms with Crippen molar-refractivity contribution in [2.24, 2.45) is 0 Å². The van der Waals surface area contributed by atoms with E-state index < -0.39 is 0 Å². The van der Waals surface area contributed by atoms with Gasteiger partial charge < -0.3 is 4.42 Å². The number of nitrogens with two attached hydrogens (primary N) is 1. The van der Waals surface area contributed by atoms with Crippen molar-refractivity contribution in [2.45, 2.75) is 13.8 Å². The van der Waals surface area contributed by atoms with E-state index in [0.717, 1.165) is 16.8 Å². The maximum Gasteiger partial charge on any atom is 0.289 e. The summed E-state index contributed by atoms with van der Waals surface area (Å²) in [4.78, 5) is 2.97. The van der Waals surface area contributed by atoms with Gasteiger partial charge in [0, 0.05) is 5.56 Å². The van der Waals surface area contributed by atoms with Gasteiger partial charge in [0.2, 0.25) is 0 Å². The number of hydrogen-bond acceptors (Lipinski definition) is 3. The van der Waals surface area contributed by atoms with Crippen molar-refractivity contribution >= 4 is 5.82 Å². The van der Waals surface area contributed by atoms with Gasteiger partial charge in [0.15, 0.2) is 5.56 Å². The monoisotopic (exact) mass is 214 g/mol. The van der Waals surface area contributed by atoms with Crippen molar-refractivity contribution in [3.63, 3.8) is 0 Å². The minimum Gasteiger partial charge on any atom is -0.464 e. The molecule has 0 bridgehead atoms. The number of aromatic nitrogens is 1. The first-order chi connectivity index (χ1) is 7.65. The van der Waals surface area contributed by atoms with E-state index in [1.165, 1.54) is 0 Å². The lowest BCUT2D eigenvalue weighted by Crippen LogP contribution is -2.18. The SMILES string of the molecule is Cc1[nH+]c(N)c(C#N)c(-c2ccco2)c1C. The summed E-state index contributed by atoms with van der Waals surface area (Å²) in [7, 11) is 0. The number of hydrogen-bond donors (Lipinski definition) is 1. The van der Waals surface area contributed by atoms with E-state index in [2.05, 4.69) is 11.1 Å². The van der Waals surface area contributed by atoms with E-state index in [-0.39, 0.29) is 0 Å². The summed E-state index contributed by atoms with van der Waals surface area (Å²) in [5.41, 5.74) is 8.89. The molecule has 80 valence electrons. The third kappa shape index (κ3) is 1.43. The molecular weight excluding hydrogens is 202 g/mol. The van der Waals surface area contributed by atoms with Crippen LogP contribution in [0.4, 0.5) is 5.82 Å². The Morgan fingerprint density at radius 1 is 1.44 bits per heavy atom. The minimum atomic E-state index is 0.372. The first-order valence-corrected chi connectivity index (χ1v) is 4.91. The average molecular weight is 214 g/mol. The van der Waals surface area contributed by atoms with Crippen LogP contribution in [-0.4, -0.2) is 0 Å². The number of nitrogens with zero attached hydrogens (tertiary/aromatic N) is 1. The molecule has 16 heavy (non-hydrogen) atoms. The fraction of sp³-hybridized carbons (Fsp3) is 0.167. The molecule has 0 radical (unpaired) electrons. The van der Waals surface area contributed by atoms with Crippen LogP contribution in [0.1, 0.15) is 16.8 Å². The van der Waals surface area contributed by atoms with E-state index in [1.807, 2.05) is 19.9 Å². The fourth-order valence-electron chi connectivity index (χ4n) is 1.71. The number of anilines is 1. The predicted molar refractivity (Wildman–Crippen MR) is 59.3 cm³/mol. The van der Waals surface area contributed by atoms with Crippen LogP contribution in [0.2, 0.25) is 0 Å². The third-order valence-corrected chi connectivity index (χ3v) is 2.66. The van der Waals surface area contributed by atoms with Crippen molar-refractivity contribution in [2.75, 3.05) is 5.73 Å². The Kier molecular flexibility index (Phi) is 2.37. The second-order valence-corrected chi connectivity index (χ2v) is 3.63. The van der Waals surface area contributed by atoms with Gasteiger partial charge in [-0.25, -0.2) is 4.98 Å². The van der Waals surface area contributed by atoms with Crippen molar-refractivity contribution in [3.05, 3.63) is 35.2 Å². The summed E-state index contributed by atoms with van der Waals surface area (Å²) >= 11 is 0. The maximum absolute atomic E-state index is 9.12. The van der Waals surface area contributed by atoms with E-state index >= 15 is 0 Å². The first-order valence-electron chi connectivity index (χ1n) is 4.91. The highest BCUT2D eigenvalue weighted by Crippen LogP contribution is 2.29. The maximum atomic E-state index is 9.12. The van der Waals surface area contributed by atoms with E-state index in [0.29, 0.717) is 17.1 Å². The molecule has 0 spiro atoms. The summed E-state index contributed by atoms with van der Waals surface area (Å²) in [5, 5.41) is 9.12. The molecular formula is C12H12N3O+. The van der Waals surface area contributed by atoms with Crippen LogP contribution in [-0.2, 0) is 0 Å². The van der Waals surface area contributed by atoms with Crippen LogP contribution in [0.3, 0.4) is 0 Å². The standard InChI is InChI=1S/C12H11N3O/c1-7-8(2)15-12(14)9(6-13)11(7)10-4-3-5-16-10/h3-5H,1-2H3,(H2,14,15)/p+1. The number of nitrogens with one attached hydrogen (secondary N) is 1. The van der Waals surface area contributed by atoms with Gasteiger partial charge in [-0.05, 0) is 26.0 Å². The smallest absolute Gasteiger partial charge is 0.289 e. The van der Waals surface area contributed by atoms with Gasteiger partial charge in [-0.15, -0.1) is 0 Å². The van der Waals surface area contributed by atoms with E-state index in [4.69, 9.17) is 15.4 Å². The fourth-order valence-corrected chi connectivity index (χ4v) is 1.71. The van der Waals surface area contributed by atoms with Gasteiger partial charge >= 0.3 is 0 Å². The van der Waals surface area contributed by atoms with E-state index in [9.17, 15) is 0 Å². The number of aromatic amines is 1. The van der Waals surface area contributed by atoms with Gasteiger partial charge in [0.25, 0.3) is 5.82 Å². The molecule has 0 aliphatic rings. The lowest BCUT2D eigenvalue weighted by molar-refractivity contribution is -0.370. The van der Waals surface area contributed by atoms with Crippen LogP contribution < -0.4 is 10.7 Å². The molecule has 0 aliphatic carbocycles. The predicted octanol–water partition coefficient (Wildman–Crippen LogP) is 1.83. The van der Waals surface area contributed by atoms with Gasteiger partial charge in [-0.3, -0.25) is 5.73 Å². The highest BCUT2D eigenvalue weighted by Gasteiger charge is 2.20. The summed E-state index contributed by atoms with van der Waals surface area (Å²) in [6.07, 6.45) is 1.58. The molecule has 2 rings (SSSR count). The normalized spacial score (nSPS) is 10.1. The zero-order chi connectivity index (χ0) is 11.7. The molecule has 0 unspecified atom stereocenters. The topological polar surface area (TPSA) is 77.1 Å². The molecule has 2 aromatic rings. The average Bonchev–Trinajstić information content (AvgIpc) is 2.76. The molecule has 0 aliphatic heterocycles. The molecule has 0 saturated carbocycles. The highest BCUT2D eigenvalue weighted by molar-refractivity contribution is 5.74. The number of nitriles is 1. The second kappa shape index (κ2) is 3.70. The number of aryl methyl sites for hydroxylation is 1. The van der Waals surface area contributed by atoms with Crippen LogP contribution in [0, 0.1) is 25.2 Å². The van der Waals surface area contributed by atoms with Crippen molar-refractivity contribution in [3.8, 4) is 17.4 Å². The Hall–Kier alpha value is -2.28. The number of furan rings is 1. The van der Waals surface area contributed by atoms with Crippen molar-refractivity contribution < 1.29 is 9.40 Å². The molecule has 0 saturated heterocycles. The summed E-state index contributed by atoms with van der Waals surface area (Å²) in [6, 6.07) is 5.72. The Morgan fingerprint density at radius 3 is 2.75 bits per heavy atom. The van der Waals surface area contributed by atoms with Gasteiger partial charge in [-0.2, -0.15) is 5.26 Å². The van der Waals surface area contributed by atoms with E-state index in [1.54, 1.807) is 12.3 Å². The number of H-pyrrole nitrogens is 1. The molecule has 4 heteroatoms. The molecule has 2 heterocycles. The molecule has 0 aromatic carbocycles. The van der Waals surface area contributed by atoms with Crippen molar-refractivity contribution in [1.29, 1.82) is 5.26 Å². The van der Waals surface area contributed by atoms with Crippen LogP contribution in [0.5, 0.6) is 0 Å². The zero-order valence-corrected chi connectivity index (χ0v) is 9.16. The van der Waals surface area contributed by atoms with Gasteiger partial charge in [-0.1, -0.05) is 0 Å². The van der Waals surface area contributed by atoms with Crippen LogP contribution >= 0.6 is 0 Å². The van der Waals surface area contributed by atoms with Crippen molar-refractivity contribution in [1.82, 2.24) is 0 Å². The lowest BCUT2D eigenvalue weighted by atomic mass is 10.0. The van der Waals surface area contributed by atoms with Gasteiger partial charge in [0.1, 0.15) is 17.5 Å². The largest absolute Gasteiger partial charge is 0.464 e. The zero-order valence-electron chi connectivity index (χ0n) is 9.16. The lowest BCUT2D eigenvalue weighted by Gasteiger charge is -2.06. The number of nitrogen functional groups attached to an aromatic ring is 1. The molecule has 2 aromatic heterocycles. The molecule has 0 atom stereocenters. The number of pyridine rings is 1. The second-order valence-electron chi connectivity index (χ2n) is 3.63. The van der Waals surface area contributed by atoms with Crippen LogP contribution in [0.15, 0.2) is 22.8 Å². The molecule has 3 N–H and O–H groups in total. The molecule has 4 nitrogen and oxygen atoms in total. The molecule has 0 fully saturated rings. The number of rotatable bonds is 1. The Balaban J connectivity index is 2.82. The Morgan fingerprint density at radius 2 is 2.19 bits per heavy atom. The summed E-state index contributed by atoms with van der Waals surface area (Å²) < 4.78 is 5.33. The third-order valence-electron chi connectivity index (χ3n) is 2.66. The van der Waals surface area contributed by atoms with Crippen LogP contribution in [0.25, 0.3) is 11.3 Å². The summed E-state index contributed by atoms with van der Waals surface area (Å²) in [6.45, 7) is 3.85. The quantitative estimate of drug-likeness (QED) is 0.786. The molecule has 0 amide bonds. The Labute approximate surface area is 93.3 Å². The van der Waals surface area contributed by atoms with Gasteiger partial charge in [0.05, 0.1) is 11.8 Å². The minimum absolute atomic E-state index is 0.372.